The molecule has 0 spiro atoms. The summed E-state index contributed by atoms with van der Waals surface area (Å²) in [6, 6.07) is 5.96. The molecule has 3 heteroatoms. The molecule has 0 unspecified atom stereocenters. The molecule has 1 rings (SSSR count). The van der Waals surface area contributed by atoms with Crippen molar-refractivity contribution < 1.29 is 9.47 Å². The van der Waals surface area contributed by atoms with Crippen molar-refractivity contribution in [2.45, 2.75) is 33.0 Å². The van der Waals surface area contributed by atoms with Gasteiger partial charge in [0, 0.05) is 0 Å². The minimum absolute atomic E-state index is 0.105. The van der Waals surface area contributed by atoms with Crippen molar-refractivity contribution in [3.8, 4) is 5.75 Å². The Kier molecular flexibility index (Phi) is 4.17. The van der Waals surface area contributed by atoms with Gasteiger partial charge in [0.25, 0.3) is 0 Å². The zero-order chi connectivity index (χ0) is 11.5. The standard InChI is InChI=1S/C12H17BrO2/c1-12(2,3)15-8-9-5-6-11(14-4)10(13)7-9/h5-7H,8H2,1-4H3. The lowest BCUT2D eigenvalue weighted by atomic mass is 10.2. The number of hydrogen-bond acceptors (Lipinski definition) is 2. The van der Waals surface area contributed by atoms with Crippen molar-refractivity contribution in [2.75, 3.05) is 7.11 Å². The molecular formula is C12H17BrO2. The van der Waals surface area contributed by atoms with Gasteiger partial charge in [-0.2, -0.15) is 0 Å². The molecule has 1 aromatic rings. The van der Waals surface area contributed by atoms with E-state index in [4.69, 9.17) is 9.47 Å². The molecule has 0 aliphatic heterocycles. The van der Waals surface area contributed by atoms with E-state index in [0.29, 0.717) is 6.61 Å². The Morgan fingerprint density at radius 1 is 1.27 bits per heavy atom. The smallest absolute Gasteiger partial charge is 0.133 e. The molecule has 15 heavy (non-hydrogen) atoms. The number of methoxy groups -OCH3 is 1. The minimum Gasteiger partial charge on any atom is -0.496 e. The third kappa shape index (κ3) is 4.22. The first-order valence-corrected chi connectivity index (χ1v) is 5.68. The van der Waals surface area contributed by atoms with Gasteiger partial charge in [-0.1, -0.05) is 6.07 Å². The molecule has 0 amide bonds. The van der Waals surface area contributed by atoms with Crippen LogP contribution in [0.3, 0.4) is 0 Å². The van der Waals surface area contributed by atoms with E-state index >= 15 is 0 Å². The summed E-state index contributed by atoms with van der Waals surface area (Å²) in [5, 5.41) is 0. The monoisotopic (exact) mass is 272 g/mol. The fourth-order valence-electron chi connectivity index (χ4n) is 1.10. The molecule has 84 valence electrons. The lowest BCUT2D eigenvalue weighted by Gasteiger charge is -2.19. The van der Waals surface area contributed by atoms with E-state index in [2.05, 4.69) is 15.9 Å². The molecular weight excluding hydrogens is 256 g/mol. The van der Waals surface area contributed by atoms with Gasteiger partial charge < -0.3 is 9.47 Å². The van der Waals surface area contributed by atoms with Gasteiger partial charge >= 0.3 is 0 Å². The van der Waals surface area contributed by atoms with Gasteiger partial charge in [0.05, 0.1) is 23.8 Å². The Bertz CT molecular complexity index is 329. The highest BCUT2D eigenvalue weighted by molar-refractivity contribution is 9.10. The Morgan fingerprint density at radius 3 is 2.40 bits per heavy atom. The summed E-state index contributed by atoms with van der Waals surface area (Å²) >= 11 is 3.45. The van der Waals surface area contributed by atoms with Crippen LogP contribution in [0.15, 0.2) is 22.7 Å². The Hall–Kier alpha value is -0.540. The van der Waals surface area contributed by atoms with Gasteiger partial charge in [0.1, 0.15) is 5.75 Å². The number of rotatable bonds is 3. The van der Waals surface area contributed by atoms with Gasteiger partial charge in [0.15, 0.2) is 0 Å². The molecule has 0 saturated carbocycles. The second-order valence-corrected chi connectivity index (χ2v) is 5.22. The average Bonchev–Trinajstić information content (AvgIpc) is 2.14. The fraction of sp³-hybridized carbons (Fsp3) is 0.500. The Morgan fingerprint density at radius 2 is 1.93 bits per heavy atom. The topological polar surface area (TPSA) is 18.5 Å². The highest BCUT2D eigenvalue weighted by Gasteiger charge is 2.10. The van der Waals surface area contributed by atoms with E-state index in [0.717, 1.165) is 15.8 Å². The van der Waals surface area contributed by atoms with Gasteiger partial charge in [-0.05, 0) is 54.4 Å². The molecule has 0 aliphatic carbocycles. The lowest BCUT2D eigenvalue weighted by Crippen LogP contribution is -2.18. The van der Waals surface area contributed by atoms with Crippen LogP contribution in [-0.4, -0.2) is 12.7 Å². The van der Waals surface area contributed by atoms with Crippen molar-refractivity contribution >= 4 is 15.9 Å². The number of hydrogen-bond donors (Lipinski definition) is 0. The maximum Gasteiger partial charge on any atom is 0.133 e. The molecule has 2 nitrogen and oxygen atoms in total. The van der Waals surface area contributed by atoms with Crippen molar-refractivity contribution in [2.24, 2.45) is 0 Å². The third-order valence-corrected chi connectivity index (χ3v) is 2.51. The zero-order valence-corrected chi connectivity index (χ0v) is 11.2. The molecule has 0 bridgehead atoms. The lowest BCUT2D eigenvalue weighted by molar-refractivity contribution is -0.0149. The minimum atomic E-state index is -0.105. The van der Waals surface area contributed by atoms with Gasteiger partial charge in [-0.25, -0.2) is 0 Å². The van der Waals surface area contributed by atoms with E-state index in [1.54, 1.807) is 7.11 Å². The van der Waals surface area contributed by atoms with Crippen LogP contribution in [-0.2, 0) is 11.3 Å². The van der Waals surface area contributed by atoms with Crippen molar-refractivity contribution in [3.05, 3.63) is 28.2 Å². The van der Waals surface area contributed by atoms with Crippen LogP contribution in [0.5, 0.6) is 5.75 Å². The van der Waals surface area contributed by atoms with Crippen molar-refractivity contribution in [1.29, 1.82) is 0 Å². The summed E-state index contributed by atoms with van der Waals surface area (Å²) in [7, 11) is 1.66. The van der Waals surface area contributed by atoms with E-state index in [1.807, 2.05) is 39.0 Å². The summed E-state index contributed by atoms with van der Waals surface area (Å²) in [4.78, 5) is 0. The Balaban J connectivity index is 2.68. The van der Waals surface area contributed by atoms with Crippen LogP contribution in [0.2, 0.25) is 0 Å². The summed E-state index contributed by atoms with van der Waals surface area (Å²) < 4.78 is 11.8. The van der Waals surface area contributed by atoms with Crippen LogP contribution < -0.4 is 4.74 Å². The first kappa shape index (κ1) is 12.5. The van der Waals surface area contributed by atoms with Crippen LogP contribution in [0, 0.1) is 0 Å². The maximum atomic E-state index is 5.68. The highest BCUT2D eigenvalue weighted by Crippen LogP contribution is 2.26. The van der Waals surface area contributed by atoms with E-state index < -0.39 is 0 Å². The summed E-state index contributed by atoms with van der Waals surface area (Å²) in [5.74, 6) is 0.842. The molecule has 0 aliphatic rings. The van der Waals surface area contributed by atoms with Crippen molar-refractivity contribution in [3.63, 3.8) is 0 Å². The largest absolute Gasteiger partial charge is 0.496 e. The normalized spacial score (nSPS) is 11.5. The number of halogens is 1. The predicted molar refractivity (Wildman–Crippen MR) is 65.2 cm³/mol. The molecule has 0 atom stereocenters. The molecule has 0 radical (unpaired) electrons. The number of benzene rings is 1. The maximum absolute atomic E-state index is 5.68. The molecule has 0 heterocycles. The van der Waals surface area contributed by atoms with Gasteiger partial charge in [-0.15, -0.1) is 0 Å². The molecule has 0 saturated heterocycles. The fourth-order valence-corrected chi connectivity index (χ4v) is 1.69. The van der Waals surface area contributed by atoms with E-state index in [9.17, 15) is 0 Å². The van der Waals surface area contributed by atoms with Crippen molar-refractivity contribution in [1.82, 2.24) is 0 Å². The van der Waals surface area contributed by atoms with Gasteiger partial charge in [0.2, 0.25) is 0 Å². The SMILES string of the molecule is COc1ccc(COC(C)(C)C)cc1Br. The first-order valence-electron chi connectivity index (χ1n) is 4.89. The highest BCUT2D eigenvalue weighted by atomic mass is 79.9. The Labute approximate surface area is 99.7 Å². The summed E-state index contributed by atoms with van der Waals surface area (Å²) in [6.45, 7) is 6.76. The van der Waals surface area contributed by atoms with Crippen LogP contribution in [0.4, 0.5) is 0 Å². The molecule has 0 fully saturated rings. The molecule has 0 N–H and O–H groups in total. The number of ether oxygens (including phenoxy) is 2. The van der Waals surface area contributed by atoms with E-state index in [1.165, 1.54) is 0 Å². The molecule has 0 aromatic heterocycles. The molecule has 1 aromatic carbocycles. The average molecular weight is 273 g/mol. The van der Waals surface area contributed by atoms with Crippen LogP contribution in [0.1, 0.15) is 26.3 Å². The second kappa shape index (κ2) is 4.99. The zero-order valence-electron chi connectivity index (χ0n) is 9.63. The van der Waals surface area contributed by atoms with Crippen LogP contribution >= 0.6 is 15.9 Å². The summed E-state index contributed by atoms with van der Waals surface area (Å²) in [6.07, 6.45) is 0. The second-order valence-electron chi connectivity index (χ2n) is 4.37. The third-order valence-electron chi connectivity index (χ3n) is 1.89. The predicted octanol–water partition coefficient (Wildman–Crippen LogP) is 3.77. The summed E-state index contributed by atoms with van der Waals surface area (Å²) in [5.41, 5.74) is 1.03. The van der Waals surface area contributed by atoms with Crippen LogP contribution in [0.25, 0.3) is 0 Å². The first-order chi connectivity index (χ1) is 6.92. The van der Waals surface area contributed by atoms with Gasteiger partial charge in [-0.3, -0.25) is 0 Å². The van der Waals surface area contributed by atoms with E-state index in [-0.39, 0.29) is 5.60 Å². The quantitative estimate of drug-likeness (QED) is 0.834.